The Morgan fingerprint density at radius 3 is 2.50 bits per heavy atom. The van der Waals surface area contributed by atoms with E-state index in [9.17, 15) is 18.5 Å². The third-order valence-electron chi connectivity index (χ3n) is 5.55. The lowest BCUT2D eigenvalue weighted by Gasteiger charge is -2.20. The number of nitro groups is 1. The van der Waals surface area contributed by atoms with E-state index < -0.39 is 14.9 Å². The number of aromatic nitrogens is 2. The predicted molar refractivity (Wildman–Crippen MR) is 121 cm³/mol. The van der Waals surface area contributed by atoms with Crippen molar-refractivity contribution in [2.24, 2.45) is 0 Å². The standard InChI is InChI=1S/C22H25N5O4S/c1-24(15-19-14-23-25(17-19)16-18-7-3-2-4-8-18)21-10-9-20(13-22(21)27(28)29)32(30,31)26-11-5-6-12-26/h2-4,7-10,13-14,17H,5-6,11-12,15-16H2,1H3. The van der Waals surface area contributed by atoms with Crippen LogP contribution in [0.4, 0.5) is 11.4 Å². The second kappa shape index (κ2) is 9.09. The van der Waals surface area contributed by atoms with Crippen LogP contribution in [-0.2, 0) is 23.1 Å². The zero-order valence-corrected chi connectivity index (χ0v) is 18.6. The summed E-state index contributed by atoms with van der Waals surface area (Å²) < 4.78 is 28.8. The van der Waals surface area contributed by atoms with Gasteiger partial charge in [-0.1, -0.05) is 30.3 Å². The Morgan fingerprint density at radius 1 is 1.09 bits per heavy atom. The number of nitro benzene ring substituents is 1. The topological polar surface area (TPSA) is 102 Å². The van der Waals surface area contributed by atoms with Crippen LogP contribution < -0.4 is 4.90 Å². The van der Waals surface area contributed by atoms with E-state index in [4.69, 9.17) is 0 Å². The summed E-state index contributed by atoms with van der Waals surface area (Å²) in [6.07, 6.45) is 5.25. The quantitative estimate of drug-likeness (QED) is 0.382. The summed E-state index contributed by atoms with van der Waals surface area (Å²) >= 11 is 0. The molecule has 1 aromatic heterocycles. The molecule has 0 amide bonds. The van der Waals surface area contributed by atoms with E-state index in [-0.39, 0.29) is 10.6 Å². The van der Waals surface area contributed by atoms with Crippen molar-refractivity contribution in [1.82, 2.24) is 14.1 Å². The Morgan fingerprint density at radius 2 is 1.81 bits per heavy atom. The molecular weight excluding hydrogens is 430 g/mol. The molecule has 0 bridgehead atoms. The Hall–Kier alpha value is -3.24. The molecule has 2 aromatic carbocycles. The molecule has 0 radical (unpaired) electrons. The van der Waals surface area contributed by atoms with Gasteiger partial charge in [-0.25, -0.2) is 8.42 Å². The molecule has 1 saturated heterocycles. The van der Waals surface area contributed by atoms with Crippen molar-refractivity contribution in [2.75, 3.05) is 25.0 Å². The SMILES string of the molecule is CN(Cc1cnn(Cc2ccccc2)c1)c1ccc(S(=O)(=O)N2CCCC2)cc1[N+](=O)[O-]. The largest absolute Gasteiger partial charge is 0.365 e. The van der Waals surface area contributed by atoms with Gasteiger partial charge in [-0.15, -0.1) is 0 Å². The molecule has 0 unspecified atom stereocenters. The molecule has 1 fully saturated rings. The third-order valence-corrected chi connectivity index (χ3v) is 7.45. The van der Waals surface area contributed by atoms with E-state index in [1.54, 1.807) is 18.1 Å². The summed E-state index contributed by atoms with van der Waals surface area (Å²) in [6, 6.07) is 14.1. The summed E-state index contributed by atoms with van der Waals surface area (Å²) in [5, 5.41) is 16.1. The summed E-state index contributed by atoms with van der Waals surface area (Å²) in [5.41, 5.74) is 2.14. The van der Waals surface area contributed by atoms with Crippen LogP contribution in [0.25, 0.3) is 0 Å². The molecule has 0 atom stereocenters. The summed E-state index contributed by atoms with van der Waals surface area (Å²) in [6.45, 7) is 1.93. The summed E-state index contributed by atoms with van der Waals surface area (Å²) in [7, 11) is -1.98. The van der Waals surface area contributed by atoms with Gasteiger partial charge in [-0.05, 0) is 30.5 Å². The molecule has 1 aliphatic heterocycles. The fourth-order valence-electron chi connectivity index (χ4n) is 3.91. The lowest BCUT2D eigenvalue weighted by Crippen LogP contribution is -2.28. The maximum absolute atomic E-state index is 12.8. The van der Waals surface area contributed by atoms with E-state index in [2.05, 4.69) is 5.10 Å². The van der Waals surface area contributed by atoms with Crippen LogP contribution >= 0.6 is 0 Å². The Balaban J connectivity index is 1.53. The average Bonchev–Trinajstić information content (AvgIpc) is 3.47. The van der Waals surface area contributed by atoms with Crippen LogP contribution in [0.1, 0.15) is 24.0 Å². The number of nitrogens with zero attached hydrogens (tertiary/aromatic N) is 5. The van der Waals surface area contributed by atoms with Gasteiger partial charge in [-0.3, -0.25) is 14.8 Å². The monoisotopic (exact) mass is 455 g/mol. The van der Waals surface area contributed by atoms with Crippen LogP contribution in [-0.4, -0.2) is 47.6 Å². The third kappa shape index (κ3) is 4.66. The minimum absolute atomic E-state index is 0.0427. The lowest BCUT2D eigenvalue weighted by molar-refractivity contribution is -0.384. The van der Waals surface area contributed by atoms with Gasteiger partial charge < -0.3 is 4.90 Å². The molecule has 3 aromatic rings. The average molecular weight is 456 g/mol. The first kappa shape index (κ1) is 22.0. The second-order valence-electron chi connectivity index (χ2n) is 7.91. The van der Waals surface area contributed by atoms with Crippen molar-refractivity contribution in [3.63, 3.8) is 0 Å². The van der Waals surface area contributed by atoms with Crippen molar-refractivity contribution >= 4 is 21.4 Å². The minimum Gasteiger partial charge on any atom is -0.365 e. The van der Waals surface area contributed by atoms with Gasteiger partial charge in [0.15, 0.2) is 0 Å². The Labute approximate surface area is 187 Å². The van der Waals surface area contributed by atoms with E-state index in [0.717, 1.165) is 30.0 Å². The van der Waals surface area contributed by atoms with Crippen LogP contribution in [0.15, 0.2) is 65.8 Å². The summed E-state index contributed by atoms with van der Waals surface area (Å²) in [4.78, 5) is 12.9. The molecule has 10 heteroatoms. The van der Waals surface area contributed by atoms with Gasteiger partial charge in [0.1, 0.15) is 5.69 Å². The molecule has 32 heavy (non-hydrogen) atoms. The van der Waals surface area contributed by atoms with Crippen LogP contribution in [0.5, 0.6) is 0 Å². The van der Waals surface area contributed by atoms with Crippen LogP contribution in [0.2, 0.25) is 0 Å². The maximum Gasteiger partial charge on any atom is 0.293 e. The molecule has 9 nitrogen and oxygen atoms in total. The van der Waals surface area contributed by atoms with Gasteiger partial charge in [0.25, 0.3) is 5.69 Å². The molecule has 0 saturated carbocycles. The van der Waals surface area contributed by atoms with Gasteiger partial charge in [-0.2, -0.15) is 9.40 Å². The van der Waals surface area contributed by atoms with Crippen molar-refractivity contribution in [2.45, 2.75) is 30.8 Å². The van der Waals surface area contributed by atoms with Crippen molar-refractivity contribution in [3.8, 4) is 0 Å². The van der Waals surface area contributed by atoms with Crippen molar-refractivity contribution in [1.29, 1.82) is 0 Å². The Kier molecular flexibility index (Phi) is 6.24. The second-order valence-corrected chi connectivity index (χ2v) is 9.84. The number of hydrogen-bond donors (Lipinski definition) is 0. The molecule has 1 aliphatic rings. The van der Waals surface area contributed by atoms with E-state index >= 15 is 0 Å². The minimum atomic E-state index is -3.73. The first-order valence-corrected chi connectivity index (χ1v) is 11.8. The first-order valence-electron chi connectivity index (χ1n) is 10.4. The van der Waals surface area contributed by atoms with Gasteiger partial charge >= 0.3 is 0 Å². The van der Waals surface area contributed by atoms with E-state index in [1.165, 1.54) is 16.4 Å². The predicted octanol–water partition coefficient (Wildman–Crippen LogP) is 3.26. The summed E-state index contributed by atoms with van der Waals surface area (Å²) in [5.74, 6) is 0. The van der Waals surface area contributed by atoms with Gasteiger partial charge in [0.05, 0.1) is 22.6 Å². The fraction of sp³-hybridized carbons (Fsp3) is 0.318. The number of benzene rings is 2. The highest BCUT2D eigenvalue weighted by Gasteiger charge is 2.30. The molecule has 0 aliphatic carbocycles. The smallest absolute Gasteiger partial charge is 0.293 e. The lowest BCUT2D eigenvalue weighted by atomic mass is 10.2. The van der Waals surface area contributed by atoms with Crippen LogP contribution in [0, 0.1) is 10.1 Å². The number of anilines is 1. The highest BCUT2D eigenvalue weighted by molar-refractivity contribution is 7.89. The maximum atomic E-state index is 12.8. The van der Waals surface area contributed by atoms with Crippen molar-refractivity contribution < 1.29 is 13.3 Å². The van der Waals surface area contributed by atoms with Gasteiger partial charge in [0.2, 0.25) is 10.0 Å². The zero-order valence-electron chi connectivity index (χ0n) is 17.8. The van der Waals surface area contributed by atoms with Crippen molar-refractivity contribution in [3.05, 3.63) is 82.2 Å². The van der Waals surface area contributed by atoms with E-state index in [1.807, 2.05) is 41.2 Å². The first-order chi connectivity index (χ1) is 15.3. The molecule has 4 rings (SSSR count). The normalized spacial score (nSPS) is 14.5. The van der Waals surface area contributed by atoms with E-state index in [0.29, 0.717) is 31.9 Å². The Bertz CT molecular complexity index is 1200. The molecule has 168 valence electrons. The molecule has 0 N–H and O–H groups in total. The molecule has 2 heterocycles. The highest BCUT2D eigenvalue weighted by Crippen LogP contribution is 2.32. The highest BCUT2D eigenvalue weighted by atomic mass is 32.2. The molecular formula is C22H25N5O4S. The van der Waals surface area contributed by atoms with Gasteiger partial charge in [0, 0.05) is 44.5 Å². The molecule has 0 spiro atoms. The zero-order chi connectivity index (χ0) is 22.7. The number of rotatable bonds is 8. The number of sulfonamides is 1. The van der Waals surface area contributed by atoms with Crippen LogP contribution in [0.3, 0.4) is 0 Å². The fourth-order valence-corrected chi connectivity index (χ4v) is 5.45. The number of hydrogen-bond acceptors (Lipinski definition) is 6.